The Balaban J connectivity index is 1.51. The van der Waals surface area contributed by atoms with Crippen molar-refractivity contribution in [2.24, 2.45) is 0 Å². The second-order valence-electron chi connectivity index (χ2n) is 6.40. The van der Waals surface area contributed by atoms with Crippen LogP contribution in [0.1, 0.15) is 16.1 Å². The van der Waals surface area contributed by atoms with E-state index in [1.807, 2.05) is 42.5 Å². The molecule has 1 heterocycles. The van der Waals surface area contributed by atoms with Gasteiger partial charge in [0.1, 0.15) is 0 Å². The van der Waals surface area contributed by atoms with Crippen molar-refractivity contribution >= 4 is 11.6 Å². The summed E-state index contributed by atoms with van der Waals surface area (Å²) >= 11 is 0. The molecule has 3 rings (SSSR count). The summed E-state index contributed by atoms with van der Waals surface area (Å²) in [5, 5.41) is 14.1. The van der Waals surface area contributed by atoms with Gasteiger partial charge in [-0.25, -0.2) is 0 Å². The summed E-state index contributed by atoms with van der Waals surface area (Å²) in [6, 6.07) is 13.0. The van der Waals surface area contributed by atoms with E-state index in [4.69, 9.17) is 14.2 Å². The van der Waals surface area contributed by atoms with Crippen molar-refractivity contribution in [3.8, 4) is 17.2 Å². The van der Waals surface area contributed by atoms with Gasteiger partial charge in [-0.15, -0.1) is 5.10 Å². The van der Waals surface area contributed by atoms with Gasteiger partial charge in [-0.05, 0) is 29.8 Å². The number of nitrogens with zero attached hydrogens (tertiary/aromatic N) is 3. The van der Waals surface area contributed by atoms with Gasteiger partial charge < -0.3 is 24.8 Å². The summed E-state index contributed by atoms with van der Waals surface area (Å²) in [6.45, 7) is 1.81. The Labute approximate surface area is 174 Å². The first-order valence-corrected chi connectivity index (χ1v) is 9.40. The quantitative estimate of drug-likeness (QED) is 0.494. The predicted molar refractivity (Wildman–Crippen MR) is 112 cm³/mol. The Hall–Kier alpha value is -3.59. The second-order valence-corrected chi connectivity index (χ2v) is 6.40. The first-order chi connectivity index (χ1) is 14.6. The fourth-order valence-corrected chi connectivity index (χ4v) is 2.89. The number of aromatic nitrogens is 3. The number of carbonyl (C=O) groups excluding carboxylic acids is 1. The number of ether oxygens (including phenoxy) is 3. The number of hydrogen-bond donors (Lipinski definition) is 2. The number of hydrogen-bond acceptors (Lipinski definition) is 7. The molecule has 0 bridgehead atoms. The highest BCUT2D eigenvalue weighted by molar-refractivity contribution is 6.02. The molecular weight excluding hydrogens is 386 g/mol. The Kier molecular flexibility index (Phi) is 7.23. The van der Waals surface area contributed by atoms with E-state index in [-0.39, 0.29) is 11.6 Å². The van der Waals surface area contributed by atoms with E-state index in [1.165, 1.54) is 0 Å². The number of nitrogens with one attached hydrogen (secondary N) is 2. The van der Waals surface area contributed by atoms with Gasteiger partial charge in [-0.2, -0.15) is 0 Å². The van der Waals surface area contributed by atoms with Gasteiger partial charge in [0, 0.05) is 18.8 Å². The molecule has 0 unspecified atom stereocenters. The van der Waals surface area contributed by atoms with Crippen LogP contribution in [-0.2, 0) is 13.1 Å². The number of anilines is 1. The summed E-state index contributed by atoms with van der Waals surface area (Å²) in [7, 11) is 4.75. The standard InChI is InChI=1S/C21H25N5O4/c1-28-18-11-15(12-19(29-2)20(18)30-3)13-22-9-10-26-14-17(24-25-26)21(27)23-16-7-5-4-6-8-16/h4-8,11-12,14,22H,9-10,13H2,1-3H3,(H,23,27). The maximum absolute atomic E-state index is 12.2. The minimum absolute atomic E-state index is 0.267. The largest absolute Gasteiger partial charge is 0.493 e. The number of amides is 1. The first-order valence-electron chi connectivity index (χ1n) is 9.40. The van der Waals surface area contributed by atoms with Crippen LogP contribution in [0.15, 0.2) is 48.7 Å². The highest BCUT2D eigenvalue weighted by atomic mass is 16.5. The highest BCUT2D eigenvalue weighted by Crippen LogP contribution is 2.38. The smallest absolute Gasteiger partial charge is 0.277 e. The Morgan fingerprint density at radius 3 is 2.37 bits per heavy atom. The van der Waals surface area contributed by atoms with Crippen LogP contribution in [0, 0.1) is 0 Å². The van der Waals surface area contributed by atoms with E-state index in [2.05, 4.69) is 20.9 Å². The van der Waals surface area contributed by atoms with Gasteiger partial charge >= 0.3 is 0 Å². The van der Waals surface area contributed by atoms with E-state index < -0.39 is 0 Å². The van der Waals surface area contributed by atoms with Crippen LogP contribution in [0.2, 0.25) is 0 Å². The number of methoxy groups -OCH3 is 3. The third kappa shape index (κ3) is 5.26. The van der Waals surface area contributed by atoms with E-state index in [0.29, 0.717) is 42.6 Å². The lowest BCUT2D eigenvalue weighted by molar-refractivity contribution is 0.102. The average Bonchev–Trinajstić information content (AvgIpc) is 3.25. The summed E-state index contributed by atoms with van der Waals surface area (Å²) in [6.07, 6.45) is 1.62. The first kappa shape index (κ1) is 21.1. The van der Waals surface area contributed by atoms with Crippen molar-refractivity contribution < 1.29 is 19.0 Å². The van der Waals surface area contributed by atoms with Gasteiger partial charge in [0.15, 0.2) is 17.2 Å². The van der Waals surface area contributed by atoms with Crippen LogP contribution in [-0.4, -0.2) is 48.8 Å². The highest BCUT2D eigenvalue weighted by Gasteiger charge is 2.13. The van der Waals surface area contributed by atoms with Crippen LogP contribution >= 0.6 is 0 Å². The molecule has 0 aliphatic rings. The number of benzene rings is 2. The molecule has 0 spiro atoms. The molecule has 9 nitrogen and oxygen atoms in total. The topological polar surface area (TPSA) is 99.5 Å². The molecule has 1 aromatic heterocycles. The van der Waals surface area contributed by atoms with E-state index >= 15 is 0 Å². The fraction of sp³-hybridized carbons (Fsp3) is 0.286. The van der Waals surface area contributed by atoms with Gasteiger partial charge in [-0.1, -0.05) is 23.4 Å². The van der Waals surface area contributed by atoms with Gasteiger partial charge in [0.05, 0.1) is 34.1 Å². The van der Waals surface area contributed by atoms with Crippen molar-refractivity contribution in [1.82, 2.24) is 20.3 Å². The van der Waals surface area contributed by atoms with Crippen LogP contribution < -0.4 is 24.8 Å². The third-order valence-corrected chi connectivity index (χ3v) is 4.37. The molecular formula is C21H25N5O4. The SMILES string of the molecule is COc1cc(CNCCn2cc(C(=O)Nc3ccccc3)nn2)cc(OC)c1OC. The molecule has 0 radical (unpaired) electrons. The summed E-state index contributed by atoms with van der Waals surface area (Å²) in [5.74, 6) is 1.49. The van der Waals surface area contributed by atoms with Gasteiger partial charge in [0.2, 0.25) is 5.75 Å². The summed E-state index contributed by atoms with van der Waals surface area (Å²) < 4.78 is 17.7. The maximum Gasteiger partial charge on any atom is 0.277 e. The summed E-state index contributed by atoms with van der Waals surface area (Å²) in [5.41, 5.74) is 1.97. The van der Waals surface area contributed by atoms with Gasteiger partial charge in [-0.3, -0.25) is 9.48 Å². The lowest BCUT2D eigenvalue weighted by Gasteiger charge is -2.14. The lowest BCUT2D eigenvalue weighted by Crippen LogP contribution is -2.20. The van der Waals surface area contributed by atoms with Crippen molar-refractivity contribution in [1.29, 1.82) is 0 Å². The average molecular weight is 411 g/mol. The van der Waals surface area contributed by atoms with E-state index in [9.17, 15) is 4.79 Å². The van der Waals surface area contributed by atoms with Crippen molar-refractivity contribution in [2.75, 3.05) is 33.2 Å². The zero-order valence-electron chi connectivity index (χ0n) is 17.2. The zero-order chi connectivity index (χ0) is 21.3. The Morgan fingerprint density at radius 2 is 1.73 bits per heavy atom. The van der Waals surface area contributed by atoms with Crippen molar-refractivity contribution in [2.45, 2.75) is 13.1 Å². The molecule has 0 fully saturated rings. The fourth-order valence-electron chi connectivity index (χ4n) is 2.89. The van der Waals surface area contributed by atoms with Crippen molar-refractivity contribution in [3.63, 3.8) is 0 Å². The second kappa shape index (κ2) is 10.3. The predicted octanol–water partition coefficient (Wildman–Crippen LogP) is 2.35. The molecule has 0 saturated carbocycles. The molecule has 0 aliphatic heterocycles. The molecule has 9 heteroatoms. The number of para-hydroxylation sites is 1. The van der Waals surface area contributed by atoms with Crippen LogP contribution in [0.5, 0.6) is 17.2 Å². The zero-order valence-corrected chi connectivity index (χ0v) is 17.2. The van der Waals surface area contributed by atoms with Crippen LogP contribution in [0.4, 0.5) is 5.69 Å². The molecule has 2 N–H and O–H groups in total. The van der Waals surface area contributed by atoms with Gasteiger partial charge in [0.25, 0.3) is 5.91 Å². The Morgan fingerprint density at radius 1 is 1.03 bits per heavy atom. The molecule has 1 amide bonds. The number of rotatable bonds is 10. The molecule has 0 atom stereocenters. The Bertz CT molecular complexity index is 950. The minimum atomic E-state index is -0.294. The van der Waals surface area contributed by atoms with Crippen LogP contribution in [0.25, 0.3) is 0 Å². The van der Waals surface area contributed by atoms with Crippen molar-refractivity contribution in [3.05, 3.63) is 59.9 Å². The molecule has 0 aliphatic carbocycles. The van der Waals surface area contributed by atoms with E-state index in [1.54, 1.807) is 32.2 Å². The summed E-state index contributed by atoms with van der Waals surface area (Å²) in [4.78, 5) is 12.2. The minimum Gasteiger partial charge on any atom is -0.493 e. The molecule has 3 aromatic rings. The number of carbonyl (C=O) groups is 1. The molecule has 30 heavy (non-hydrogen) atoms. The maximum atomic E-state index is 12.2. The lowest BCUT2D eigenvalue weighted by atomic mass is 10.2. The monoisotopic (exact) mass is 411 g/mol. The normalized spacial score (nSPS) is 10.5. The third-order valence-electron chi connectivity index (χ3n) is 4.37. The molecule has 158 valence electrons. The molecule has 2 aromatic carbocycles. The van der Waals surface area contributed by atoms with E-state index in [0.717, 1.165) is 5.56 Å². The molecule has 0 saturated heterocycles. The van der Waals surface area contributed by atoms with Crippen LogP contribution in [0.3, 0.4) is 0 Å².